The Balaban J connectivity index is 1.68. The summed E-state index contributed by atoms with van der Waals surface area (Å²) in [5, 5.41) is 0. The number of hydrogen-bond acceptors (Lipinski definition) is 13. The lowest BCUT2D eigenvalue weighted by atomic mass is 10.2. The standard InChI is InChI=1S/C10H17N5O14P4/c1-5-6(2-7(25-5)15-4-14-8-9(11)12-3-13-10(8)15)26-31(19,20)28-33(23,24)29-32(21,22)27-30(16,17)18/h3-7H,2H2,1H3,(H,19,20)(H,21,22)(H,23,24)(H2,11,12,13)(H2,16,17,18)/t5-,6+,7-/m1/s1. The van der Waals surface area contributed by atoms with Crippen LogP contribution in [-0.2, 0) is 40.5 Å². The Hall–Kier alpha value is -1.13. The Morgan fingerprint density at radius 2 is 1.61 bits per heavy atom. The number of fused-ring (bicyclic) bond motifs is 1. The van der Waals surface area contributed by atoms with E-state index >= 15 is 0 Å². The summed E-state index contributed by atoms with van der Waals surface area (Å²) in [4.78, 5) is 57.2. The smallest absolute Gasteiger partial charge is 0.382 e. The molecule has 0 radical (unpaired) electrons. The van der Waals surface area contributed by atoms with Gasteiger partial charge in [-0.15, -0.1) is 0 Å². The first-order valence-electron chi connectivity index (χ1n) is 8.42. The summed E-state index contributed by atoms with van der Waals surface area (Å²) < 4.78 is 68.6. The number of hydrogen-bond donors (Lipinski definition) is 6. The van der Waals surface area contributed by atoms with Crippen LogP contribution >= 0.6 is 31.3 Å². The van der Waals surface area contributed by atoms with Crippen LogP contribution in [0.3, 0.4) is 0 Å². The molecular weight excluding hydrogens is 538 g/mol. The van der Waals surface area contributed by atoms with E-state index in [1.54, 1.807) is 0 Å². The molecule has 1 saturated heterocycles. The lowest BCUT2D eigenvalue weighted by Gasteiger charge is -2.21. The van der Waals surface area contributed by atoms with E-state index in [-0.39, 0.29) is 17.8 Å². The van der Waals surface area contributed by atoms with Crippen molar-refractivity contribution in [1.82, 2.24) is 19.5 Å². The van der Waals surface area contributed by atoms with E-state index in [1.165, 1.54) is 24.1 Å². The van der Waals surface area contributed by atoms with Crippen molar-refractivity contribution in [3.63, 3.8) is 0 Å². The molecule has 2 aromatic rings. The van der Waals surface area contributed by atoms with E-state index in [4.69, 9.17) is 29.7 Å². The normalized spacial score (nSPS) is 27.2. The minimum Gasteiger partial charge on any atom is -0.382 e. The van der Waals surface area contributed by atoms with Crippen LogP contribution < -0.4 is 5.73 Å². The molecule has 0 amide bonds. The molecule has 3 unspecified atom stereocenters. The Morgan fingerprint density at radius 1 is 1.00 bits per heavy atom. The number of nitrogens with zero attached hydrogens (tertiary/aromatic N) is 4. The predicted molar refractivity (Wildman–Crippen MR) is 104 cm³/mol. The molecular formula is C10H17N5O14P4. The van der Waals surface area contributed by atoms with Crippen LogP contribution in [0.1, 0.15) is 19.6 Å². The molecule has 1 aliphatic rings. The minimum absolute atomic E-state index is 0.105. The summed E-state index contributed by atoms with van der Waals surface area (Å²) in [5.41, 5.74) is 6.28. The summed E-state index contributed by atoms with van der Waals surface area (Å²) in [6, 6.07) is 0. The van der Waals surface area contributed by atoms with E-state index in [1.807, 2.05) is 0 Å². The monoisotopic (exact) mass is 555 g/mol. The number of nitrogens with two attached hydrogens (primary N) is 1. The van der Waals surface area contributed by atoms with Crippen molar-refractivity contribution >= 4 is 48.3 Å². The summed E-state index contributed by atoms with van der Waals surface area (Å²) in [7, 11) is -22.9. The van der Waals surface area contributed by atoms with Crippen molar-refractivity contribution in [1.29, 1.82) is 0 Å². The Bertz CT molecular complexity index is 1230. The van der Waals surface area contributed by atoms with Crippen LogP contribution in [0.2, 0.25) is 0 Å². The highest BCUT2D eigenvalue weighted by atomic mass is 31.3. The molecule has 23 heteroatoms. The first kappa shape index (κ1) is 26.5. The van der Waals surface area contributed by atoms with Crippen molar-refractivity contribution in [2.45, 2.75) is 31.8 Å². The van der Waals surface area contributed by atoms with Gasteiger partial charge in [0.2, 0.25) is 0 Å². The highest BCUT2D eigenvalue weighted by Crippen LogP contribution is 2.71. The maximum atomic E-state index is 12.2. The molecule has 19 nitrogen and oxygen atoms in total. The largest absolute Gasteiger partial charge is 0.490 e. The zero-order valence-corrected chi connectivity index (χ0v) is 19.7. The summed E-state index contributed by atoms with van der Waals surface area (Å²) in [5.74, 6) is 0.105. The van der Waals surface area contributed by atoms with Gasteiger partial charge in [-0.3, -0.25) is 9.09 Å². The number of aromatic nitrogens is 4. The van der Waals surface area contributed by atoms with E-state index in [9.17, 15) is 28.0 Å². The minimum atomic E-state index is -5.91. The molecule has 6 atom stereocenters. The maximum Gasteiger partial charge on any atom is 0.490 e. The third-order valence-corrected chi connectivity index (χ3v) is 9.43. The van der Waals surface area contributed by atoms with Gasteiger partial charge in [0.05, 0.1) is 18.5 Å². The van der Waals surface area contributed by atoms with E-state index < -0.39 is 49.7 Å². The topological polar surface area (TPSA) is 285 Å². The van der Waals surface area contributed by atoms with E-state index in [0.29, 0.717) is 5.65 Å². The van der Waals surface area contributed by atoms with E-state index in [0.717, 1.165) is 0 Å². The molecule has 0 aliphatic carbocycles. The van der Waals surface area contributed by atoms with Gasteiger partial charge in [0.1, 0.15) is 18.1 Å². The quantitative estimate of drug-likeness (QED) is 0.230. The molecule has 1 aliphatic heterocycles. The second-order valence-corrected chi connectivity index (χ2v) is 12.4. The summed E-state index contributed by atoms with van der Waals surface area (Å²) in [6.45, 7) is 1.44. The highest BCUT2D eigenvalue weighted by molar-refractivity contribution is 7.69. The van der Waals surface area contributed by atoms with Gasteiger partial charge >= 0.3 is 31.3 Å². The van der Waals surface area contributed by atoms with Crippen LogP contribution in [0.4, 0.5) is 5.82 Å². The average molecular weight is 555 g/mol. The number of nitrogen functional groups attached to an aromatic ring is 1. The molecule has 1 fully saturated rings. The van der Waals surface area contributed by atoms with Crippen LogP contribution in [0.15, 0.2) is 12.7 Å². The van der Waals surface area contributed by atoms with Gasteiger partial charge in [0.15, 0.2) is 11.5 Å². The number of imidazole rings is 1. The average Bonchev–Trinajstić information content (AvgIpc) is 3.14. The molecule has 7 N–H and O–H groups in total. The van der Waals surface area contributed by atoms with Crippen molar-refractivity contribution < 1.29 is 64.9 Å². The van der Waals surface area contributed by atoms with Gasteiger partial charge in [-0.1, -0.05) is 0 Å². The van der Waals surface area contributed by atoms with Crippen molar-refractivity contribution in [2.24, 2.45) is 0 Å². The second kappa shape index (κ2) is 9.15. The van der Waals surface area contributed by atoms with Gasteiger partial charge in [-0.05, 0) is 6.92 Å². The molecule has 3 heterocycles. The molecule has 186 valence electrons. The highest BCUT2D eigenvalue weighted by Gasteiger charge is 2.47. The van der Waals surface area contributed by atoms with Crippen LogP contribution in [0.5, 0.6) is 0 Å². The number of phosphoric acid groups is 4. The first-order chi connectivity index (χ1) is 15.0. The lowest BCUT2D eigenvalue weighted by molar-refractivity contribution is -0.00651. The van der Waals surface area contributed by atoms with Crippen molar-refractivity contribution in [3.05, 3.63) is 12.7 Å². The van der Waals surface area contributed by atoms with Gasteiger partial charge in [-0.25, -0.2) is 33.2 Å². The maximum absolute atomic E-state index is 12.2. The molecule has 0 bridgehead atoms. The van der Waals surface area contributed by atoms with Gasteiger partial charge in [0, 0.05) is 6.42 Å². The zero-order valence-electron chi connectivity index (χ0n) is 16.2. The lowest BCUT2D eigenvalue weighted by Crippen LogP contribution is -2.20. The fraction of sp³-hybridized carbons (Fsp3) is 0.500. The fourth-order valence-electron chi connectivity index (χ4n) is 2.79. The van der Waals surface area contributed by atoms with E-state index in [2.05, 4.69) is 27.9 Å². The fourth-order valence-corrected chi connectivity index (χ4v) is 7.48. The SMILES string of the molecule is C[C@H]1O[C@@H](n2cnc3c(N)ncnc32)C[C@@H]1OP(=O)(O)OP(=O)(O)OP(=O)(O)OP(=O)(O)O. The Labute approximate surface area is 183 Å². The number of ether oxygens (including phenoxy) is 1. The van der Waals surface area contributed by atoms with Crippen LogP contribution in [0, 0.1) is 0 Å². The Kier molecular flexibility index (Phi) is 7.34. The summed E-state index contributed by atoms with van der Waals surface area (Å²) in [6.07, 6.45) is -0.504. The van der Waals surface area contributed by atoms with Crippen LogP contribution in [-0.4, -0.2) is 56.2 Å². The second-order valence-electron chi connectivity index (χ2n) is 6.40. The van der Waals surface area contributed by atoms with Gasteiger partial charge < -0.3 is 34.9 Å². The third kappa shape index (κ3) is 6.94. The van der Waals surface area contributed by atoms with Gasteiger partial charge in [0.25, 0.3) is 0 Å². The number of rotatable bonds is 9. The Morgan fingerprint density at radius 3 is 2.24 bits per heavy atom. The molecule has 2 aromatic heterocycles. The van der Waals surface area contributed by atoms with Crippen molar-refractivity contribution in [2.75, 3.05) is 5.73 Å². The molecule has 0 spiro atoms. The number of anilines is 1. The molecule has 0 aromatic carbocycles. The molecule has 3 rings (SSSR count). The van der Waals surface area contributed by atoms with Crippen LogP contribution in [0.25, 0.3) is 11.2 Å². The van der Waals surface area contributed by atoms with Gasteiger partial charge in [-0.2, -0.15) is 12.9 Å². The summed E-state index contributed by atoms with van der Waals surface area (Å²) >= 11 is 0. The number of phosphoric ester groups is 1. The zero-order chi connectivity index (χ0) is 24.8. The third-order valence-electron chi connectivity index (χ3n) is 3.92. The molecule has 0 saturated carbocycles. The van der Waals surface area contributed by atoms with Crippen molar-refractivity contribution in [3.8, 4) is 0 Å². The molecule has 33 heavy (non-hydrogen) atoms. The predicted octanol–water partition coefficient (Wildman–Crippen LogP) is 0.545. The first-order valence-corrected chi connectivity index (χ1v) is 14.4.